The van der Waals surface area contributed by atoms with E-state index in [1.165, 1.54) is 18.4 Å². The number of nitrogens with one attached hydrogen (secondary N) is 1. The van der Waals surface area contributed by atoms with Gasteiger partial charge in [0.25, 0.3) is 0 Å². The molecule has 1 saturated heterocycles. The highest BCUT2D eigenvalue weighted by atomic mass is 127. The number of benzene rings is 1. The molecule has 1 aliphatic heterocycles. The molecule has 0 bridgehead atoms. The zero-order valence-corrected chi connectivity index (χ0v) is 20.4. The lowest BCUT2D eigenvalue weighted by atomic mass is 9.79. The Morgan fingerprint density at radius 2 is 2.03 bits per heavy atom. The molecule has 1 fully saturated rings. The summed E-state index contributed by atoms with van der Waals surface area (Å²) in [7, 11) is 1.90. The molecule has 1 aromatic carbocycles. The lowest BCUT2D eigenvalue weighted by Crippen LogP contribution is -2.48. The molecule has 1 N–H and O–H groups in total. The van der Waals surface area contributed by atoms with Crippen molar-refractivity contribution < 1.29 is 0 Å². The predicted molar refractivity (Wildman–Crippen MR) is 132 cm³/mol. The average Bonchev–Trinajstić information content (AvgIpc) is 3.15. The summed E-state index contributed by atoms with van der Waals surface area (Å²) in [4.78, 5) is 11.3. The smallest absolute Gasteiger partial charge is 0.193 e. The van der Waals surface area contributed by atoms with Crippen molar-refractivity contribution in [2.24, 2.45) is 10.9 Å². The maximum Gasteiger partial charge on any atom is 0.193 e. The Morgan fingerprint density at radius 3 is 2.69 bits per heavy atom. The van der Waals surface area contributed by atoms with E-state index in [0.717, 1.165) is 50.8 Å². The van der Waals surface area contributed by atoms with E-state index in [2.05, 4.69) is 75.1 Å². The van der Waals surface area contributed by atoms with Crippen LogP contribution < -0.4 is 5.32 Å². The number of aliphatic imine (C=N–C) groups is 1. The molecule has 1 aromatic heterocycles. The molecule has 0 spiro atoms. The van der Waals surface area contributed by atoms with E-state index >= 15 is 0 Å². The first kappa shape index (κ1) is 23.7. The summed E-state index contributed by atoms with van der Waals surface area (Å²) in [6.45, 7) is 8.54. The maximum atomic E-state index is 4.56. The molecule has 0 saturated carbocycles. The third-order valence-corrected chi connectivity index (χ3v) is 6.03. The topological polar surface area (TPSA) is 45.5 Å². The quantitative estimate of drug-likeness (QED) is 0.255. The lowest BCUT2D eigenvalue weighted by Gasteiger charge is -2.40. The number of piperidine rings is 1. The molecule has 2 atom stereocenters. The van der Waals surface area contributed by atoms with Crippen molar-refractivity contribution in [3.05, 3.63) is 54.1 Å². The number of nitrogens with zero attached hydrogens (tertiary/aromatic N) is 4. The van der Waals surface area contributed by atoms with Crippen molar-refractivity contribution in [2.75, 3.05) is 26.7 Å². The molecule has 160 valence electrons. The number of imidazole rings is 1. The second-order valence-electron chi connectivity index (χ2n) is 7.77. The van der Waals surface area contributed by atoms with E-state index < -0.39 is 0 Å². The molecule has 1 aliphatic rings. The van der Waals surface area contributed by atoms with Gasteiger partial charge >= 0.3 is 0 Å². The number of halogens is 1. The normalized spacial score (nSPS) is 19.7. The predicted octanol–water partition coefficient (Wildman–Crippen LogP) is 4.68. The maximum absolute atomic E-state index is 4.56. The zero-order chi connectivity index (χ0) is 19.8. The average molecular weight is 509 g/mol. The summed E-state index contributed by atoms with van der Waals surface area (Å²) in [6.07, 6.45) is 8.62. The van der Waals surface area contributed by atoms with Crippen molar-refractivity contribution in [1.82, 2.24) is 19.8 Å². The van der Waals surface area contributed by atoms with Crippen LogP contribution in [0.15, 0.2) is 47.7 Å². The van der Waals surface area contributed by atoms with Crippen LogP contribution >= 0.6 is 24.0 Å². The number of guanidine groups is 1. The largest absolute Gasteiger partial charge is 0.356 e. The van der Waals surface area contributed by atoms with Crippen LogP contribution in [0.2, 0.25) is 0 Å². The Hall–Kier alpha value is -1.57. The van der Waals surface area contributed by atoms with Crippen molar-refractivity contribution in [3.8, 4) is 0 Å². The summed E-state index contributed by atoms with van der Waals surface area (Å²) < 4.78 is 2.22. The van der Waals surface area contributed by atoms with Gasteiger partial charge in [0.05, 0.1) is 0 Å². The third kappa shape index (κ3) is 6.46. The monoisotopic (exact) mass is 509 g/mol. The third-order valence-electron chi connectivity index (χ3n) is 6.03. The van der Waals surface area contributed by atoms with Crippen molar-refractivity contribution in [1.29, 1.82) is 0 Å². The van der Waals surface area contributed by atoms with E-state index in [4.69, 9.17) is 0 Å². The molecular formula is C23H36IN5. The van der Waals surface area contributed by atoms with Gasteiger partial charge in [-0.15, -0.1) is 24.0 Å². The SMILES string of the molecule is CCC1CN(C(=NC)NCCCCn2ccnc2C)CCC1c1ccccc1.I. The minimum atomic E-state index is 0. The van der Waals surface area contributed by atoms with Gasteiger partial charge in [-0.2, -0.15) is 0 Å². The fourth-order valence-corrected chi connectivity index (χ4v) is 4.36. The summed E-state index contributed by atoms with van der Waals surface area (Å²) in [5, 5.41) is 3.58. The molecule has 3 rings (SSSR count). The summed E-state index contributed by atoms with van der Waals surface area (Å²) in [5.41, 5.74) is 1.49. The molecule has 29 heavy (non-hydrogen) atoms. The molecule has 0 aliphatic carbocycles. The van der Waals surface area contributed by atoms with Gasteiger partial charge < -0.3 is 14.8 Å². The van der Waals surface area contributed by atoms with Crippen LogP contribution in [0.25, 0.3) is 0 Å². The number of hydrogen-bond acceptors (Lipinski definition) is 2. The van der Waals surface area contributed by atoms with E-state index in [-0.39, 0.29) is 24.0 Å². The molecule has 0 radical (unpaired) electrons. The Morgan fingerprint density at radius 1 is 1.24 bits per heavy atom. The molecule has 2 aromatic rings. The van der Waals surface area contributed by atoms with Crippen LogP contribution in [0, 0.1) is 12.8 Å². The fourth-order valence-electron chi connectivity index (χ4n) is 4.36. The lowest BCUT2D eigenvalue weighted by molar-refractivity contribution is 0.215. The van der Waals surface area contributed by atoms with Gasteiger partial charge in [0, 0.05) is 45.6 Å². The Balaban J connectivity index is 0.00000300. The van der Waals surface area contributed by atoms with Gasteiger partial charge in [0.15, 0.2) is 5.96 Å². The molecule has 5 nitrogen and oxygen atoms in total. The van der Waals surface area contributed by atoms with Crippen molar-refractivity contribution >= 4 is 29.9 Å². The fraction of sp³-hybridized carbons (Fsp3) is 0.565. The highest BCUT2D eigenvalue weighted by molar-refractivity contribution is 14.0. The van der Waals surface area contributed by atoms with Gasteiger partial charge in [-0.25, -0.2) is 4.98 Å². The van der Waals surface area contributed by atoms with Gasteiger partial charge in [-0.3, -0.25) is 4.99 Å². The van der Waals surface area contributed by atoms with Gasteiger partial charge in [-0.05, 0) is 43.6 Å². The van der Waals surface area contributed by atoms with Crippen molar-refractivity contribution in [2.45, 2.75) is 52.0 Å². The van der Waals surface area contributed by atoms with Gasteiger partial charge in [0.2, 0.25) is 0 Å². The molecular weight excluding hydrogens is 473 g/mol. The molecule has 2 unspecified atom stereocenters. The summed E-state index contributed by atoms with van der Waals surface area (Å²) >= 11 is 0. The van der Waals surface area contributed by atoms with Gasteiger partial charge in [0.1, 0.15) is 5.82 Å². The van der Waals surface area contributed by atoms with E-state index in [1.807, 2.05) is 13.2 Å². The number of likely N-dealkylation sites (tertiary alicyclic amines) is 1. The standard InChI is InChI=1S/C23H35N5.HI/c1-4-20-18-28(16-12-22(20)21-10-6-5-7-11-21)23(24-3)26-13-8-9-15-27-17-14-25-19(27)2;/h5-7,10-11,14,17,20,22H,4,8-9,12-13,15-16,18H2,1-3H3,(H,24,26);1H. The first-order valence-corrected chi connectivity index (χ1v) is 10.7. The number of unbranched alkanes of at least 4 members (excludes halogenated alkanes) is 1. The molecule has 6 heteroatoms. The van der Waals surface area contributed by atoms with E-state index in [9.17, 15) is 0 Å². The highest BCUT2D eigenvalue weighted by Gasteiger charge is 2.30. The first-order valence-electron chi connectivity index (χ1n) is 10.7. The van der Waals surface area contributed by atoms with Crippen LogP contribution in [-0.4, -0.2) is 47.1 Å². The zero-order valence-electron chi connectivity index (χ0n) is 18.1. The summed E-state index contributed by atoms with van der Waals surface area (Å²) in [6, 6.07) is 11.0. The minimum absolute atomic E-state index is 0. The van der Waals surface area contributed by atoms with Gasteiger partial charge in [-0.1, -0.05) is 43.7 Å². The van der Waals surface area contributed by atoms with Crippen LogP contribution in [0.5, 0.6) is 0 Å². The summed E-state index contributed by atoms with van der Waals surface area (Å²) in [5.74, 6) is 3.50. The minimum Gasteiger partial charge on any atom is -0.356 e. The van der Waals surface area contributed by atoms with E-state index in [0.29, 0.717) is 11.8 Å². The Labute approximate surface area is 193 Å². The Kier molecular flexibility index (Phi) is 9.97. The highest BCUT2D eigenvalue weighted by Crippen LogP contribution is 2.34. The molecule has 2 heterocycles. The first-order chi connectivity index (χ1) is 13.7. The number of hydrogen-bond donors (Lipinski definition) is 1. The Bertz CT molecular complexity index is 743. The second-order valence-corrected chi connectivity index (χ2v) is 7.77. The number of rotatable bonds is 7. The van der Waals surface area contributed by atoms with Crippen molar-refractivity contribution in [3.63, 3.8) is 0 Å². The van der Waals surface area contributed by atoms with Crippen LogP contribution in [0.3, 0.4) is 0 Å². The van der Waals surface area contributed by atoms with Crippen LogP contribution in [0.4, 0.5) is 0 Å². The van der Waals surface area contributed by atoms with Crippen LogP contribution in [0.1, 0.15) is 49.9 Å². The second kappa shape index (κ2) is 12.2. The number of aromatic nitrogens is 2. The van der Waals surface area contributed by atoms with Crippen LogP contribution in [-0.2, 0) is 6.54 Å². The van der Waals surface area contributed by atoms with E-state index in [1.54, 1.807) is 0 Å². The molecule has 0 amide bonds. The number of aryl methyl sites for hydroxylation is 2.